The summed E-state index contributed by atoms with van der Waals surface area (Å²) in [4.78, 5) is 4.00. The molecule has 1 rings (SSSR count). The van der Waals surface area contributed by atoms with Crippen LogP contribution >= 0.6 is 0 Å². The molecule has 11 heavy (non-hydrogen) atoms. The summed E-state index contributed by atoms with van der Waals surface area (Å²) < 4.78 is 4.90. The van der Waals surface area contributed by atoms with Gasteiger partial charge in [-0.3, -0.25) is 0 Å². The average molecular weight is 153 g/mol. The summed E-state index contributed by atoms with van der Waals surface area (Å²) in [5, 5.41) is 5.56. The topological polar surface area (TPSA) is 37.0 Å². The van der Waals surface area contributed by atoms with Crippen LogP contribution in [0, 0.1) is 0 Å². The van der Waals surface area contributed by atoms with Crippen molar-refractivity contribution in [1.82, 2.24) is 5.01 Å². The van der Waals surface area contributed by atoms with Crippen molar-refractivity contribution in [2.24, 2.45) is 10.1 Å². The zero-order chi connectivity index (χ0) is 8.27. The minimum Gasteiger partial charge on any atom is -0.501 e. The molecular weight excluding hydrogens is 142 g/mol. The van der Waals surface area contributed by atoms with Gasteiger partial charge in [-0.15, -0.1) is 5.10 Å². The molecule has 4 nitrogen and oxygen atoms in total. The minimum absolute atomic E-state index is 0.755. The largest absolute Gasteiger partial charge is 0.501 e. The van der Waals surface area contributed by atoms with Crippen LogP contribution < -0.4 is 0 Å². The average Bonchev–Trinajstić information content (AvgIpc) is 2.66. The summed E-state index contributed by atoms with van der Waals surface area (Å²) >= 11 is 0. The monoisotopic (exact) mass is 153 g/mol. The molecule has 0 aromatic heterocycles. The van der Waals surface area contributed by atoms with Crippen molar-refractivity contribution in [3.05, 3.63) is 11.8 Å². The standard InChI is InChI=1S/C7H11N3O/c1-6(11-3)4-5-8-7-9-10(7)2/h4-5H,1-3H3/b6-4+,8-5-. The lowest BCUT2D eigenvalue weighted by Gasteiger charge is -1.92. The van der Waals surface area contributed by atoms with Crippen LogP contribution in [-0.4, -0.2) is 31.3 Å². The van der Waals surface area contributed by atoms with Gasteiger partial charge in [0.15, 0.2) is 0 Å². The number of nitrogens with zero attached hydrogens (tertiary/aromatic N) is 3. The van der Waals surface area contributed by atoms with Crippen LogP contribution in [0.25, 0.3) is 0 Å². The van der Waals surface area contributed by atoms with Gasteiger partial charge in [0, 0.05) is 13.3 Å². The molecule has 1 aliphatic heterocycles. The zero-order valence-corrected chi connectivity index (χ0v) is 6.90. The zero-order valence-electron chi connectivity index (χ0n) is 6.90. The number of hydrogen-bond donors (Lipinski definition) is 0. The van der Waals surface area contributed by atoms with E-state index in [2.05, 4.69) is 10.1 Å². The molecule has 0 aromatic carbocycles. The first-order valence-electron chi connectivity index (χ1n) is 3.31. The molecular formula is C7H11N3O. The molecule has 0 atom stereocenters. The fourth-order valence-corrected chi connectivity index (χ4v) is 0.498. The van der Waals surface area contributed by atoms with Gasteiger partial charge in [-0.05, 0) is 13.0 Å². The van der Waals surface area contributed by atoms with Crippen molar-refractivity contribution < 1.29 is 4.74 Å². The van der Waals surface area contributed by atoms with E-state index >= 15 is 0 Å². The lowest BCUT2D eigenvalue weighted by atomic mass is 10.5. The van der Waals surface area contributed by atoms with Crippen LogP contribution in [0.3, 0.4) is 0 Å². The van der Waals surface area contributed by atoms with E-state index in [1.165, 1.54) is 0 Å². The molecule has 60 valence electrons. The maximum absolute atomic E-state index is 4.90. The molecule has 1 aliphatic rings. The van der Waals surface area contributed by atoms with Crippen molar-refractivity contribution in [2.75, 3.05) is 14.2 Å². The normalized spacial score (nSPS) is 17.2. The summed E-state index contributed by atoms with van der Waals surface area (Å²) in [6, 6.07) is 0. The van der Waals surface area contributed by atoms with Gasteiger partial charge in [0.05, 0.1) is 12.9 Å². The summed E-state index contributed by atoms with van der Waals surface area (Å²) in [7, 11) is 3.47. The van der Waals surface area contributed by atoms with E-state index in [4.69, 9.17) is 4.74 Å². The number of guanidine groups is 1. The highest BCUT2D eigenvalue weighted by atomic mass is 16.5. The lowest BCUT2D eigenvalue weighted by molar-refractivity contribution is 0.294. The Labute approximate surface area is 65.9 Å². The fraction of sp³-hybridized carbons (Fsp3) is 0.429. The van der Waals surface area contributed by atoms with Gasteiger partial charge in [0.2, 0.25) is 0 Å². The molecule has 0 aliphatic carbocycles. The molecule has 0 unspecified atom stereocenters. The van der Waals surface area contributed by atoms with Crippen molar-refractivity contribution in [1.29, 1.82) is 0 Å². The van der Waals surface area contributed by atoms with E-state index < -0.39 is 0 Å². The molecule has 0 amide bonds. The van der Waals surface area contributed by atoms with E-state index in [1.54, 1.807) is 24.4 Å². The van der Waals surface area contributed by atoms with E-state index in [-0.39, 0.29) is 0 Å². The molecule has 0 spiro atoms. The Morgan fingerprint density at radius 2 is 2.36 bits per heavy atom. The van der Waals surface area contributed by atoms with E-state index in [0.717, 1.165) is 11.7 Å². The number of hydrogen-bond acceptors (Lipinski definition) is 4. The van der Waals surface area contributed by atoms with Crippen molar-refractivity contribution in [2.45, 2.75) is 6.92 Å². The minimum atomic E-state index is 0.755. The van der Waals surface area contributed by atoms with Gasteiger partial charge in [0.1, 0.15) is 0 Å². The first kappa shape index (κ1) is 7.78. The first-order valence-corrected chi connectivity index (χ1v) is 3.31. The van der Waals surface area contributed by atoms with Crippen molar-refractivity contribution in [3.8, 4) is 0 Å². The molecule has 0 saturated heterocycles. The molecule has 1 heterocycles. The Balaban J connectivity index is 2.31. The molecule has 0 N–H and O–H groups in total. The van der Waals surface area contributed by atoms with Crippen LogP contribution in [0.1, 0.15) is 6.92 Å². The van der Waals surface area contributed by atoms with Gasteiger partial charge in [0.25, 0.3) is 5.96 Å². The summed E-state index contributed by atoms with van der Waals surface area (Å²) in [5.41, 5.74) is 0. The Morgan fingerprint density at radius 1 is 1.73 bits per heavy atom. The third-order valence-corrected chi connectivity index (χ3v) is 1.31. The summed E-state index contributed by atoms with van der Waals surface area (Å²) in [6.07, 6.45) is 3.45. The highest BCUT2D eigenvalue weighted by Gasteiger charge is 2.15. The highest BCUT2D eigenvalue weighted by Crippen LogP contribution is 2.04. The number of hydrazone groups is 1. The van der Waals surface area contributed by atoms with Gasteiger partial charge in [-0.2, -0.15) is 0 Å². The van der Waals surface area contributed by atoms with Gasteiger partial charge in [-0.25, -0.2) is 10.0 Å². The van der Waals surface area contributed by atoms with Gasteiger partial charge in [-0.1, -0.05) is 0 Å². The number of ether oxygens (including phenoxy) is 1. The third-order valence-electron chi connectivity index (χ3n) is 1.31. The Kier molecular flexibility index (Phi) is 2.25. The lowest BCUT2D eigenvalue weighted by Crippen LogP contribution is -1.93. The number of methoxy groups -OCH3 is 1. The smallest absolute Gasteiger partial charge is 0.263 e. The Morgan fingerprint density at radius 3 is 2.82 bits per heavy atom. The summed E-state index contributed by atoms with van der Waals surface area (Å²) in [6.45, 7) is 1.87. The number of aliphatic imine (C=N–C) groups is 1. The summed E-state index contributed by atoms with van der Waals surface area (Å²) in [5.74, 6) is 1.59. The van der Waals surface area contributed by atoms with Gasteiger partial charge < -0.3 is 4.74 Å². The van der Waals surface area contributed by atoms with Crippen LogP contribution in [0.5, 0.6) is 0 Å². The quantitative estimate of drug-likeness (QED) is 0.435. The molecule has 0 saturated carbocycles. The Hall–Kier alpha value is -1.32. The number of allylic oxidation sites excluding steroid dienone is 2. The molecule has 0 aromatic rings. The van der Waals surface area contributed by atoms with Crippen molar-refractivity contribution >= 4 is 12.2 Å². The number of rotatable bonds is 2. The molecule has 0 fully saturated rings. The van der Waals surface area contributed by atoms with Crippen LogP contribution in [0.15, 0.2) is 21.9 Å². The maximum atomic E-state index is 4.90. The van der Waals surface area contributed by atoms with Crippen molar-refractivity contribution in [3.63, 3.8) is 0 Å². The van der Waals surface area contributed by atoms with Gasteiger partial charge >= 0.3 is 0 Å². The van der Waals surface area contributed by atoms with E-state index in [1.807, 2.05) is 14.0 Å². The Bertz CT molecular complexity index is 230. The fourth-order valence-electron chi connectivity index (χ4n) is 0.498. The predicted octanol–water partition coefficient (Wildman–Crippen LogP) is 0.824. The molecule has 0 radical (unpaired) electrons. The van der Waals surface area contributed by atoms with Crippen LogP contribution in [-0.2, 0) is 4.74 Å². The van der Waals surface area contributed by atoms with E-state index in [9.17, 15) is 0 Å². The second kappa shape index (κ2) is 3.18. The molecule has 4 heteroatoms. The first-order chi connectivity index (χ1) is 5.24. The second-order valence-electron chi connectivity index (χ2n) is 2.18. The predicted molar refractivity (Wildman–Crippen MR) is 44.5 cm³/mol. The second-order valence-corrected chi connectivity index (χ2v) is 2.18. The highest BCUT2D eigenvalue weighted by molar-refractivity contribution is 5.96. The third kappa shape index (κ3) is 2.41. The molecule has 0 bridgehead atoms. The van der Waals surface area contributed by atoms with Crippen LogP contribution in [0.2, 0.25) is 0 Å². The maximum Gasteiger partial charge on any atom is 0.263 e. The SMILES string of the molecule is CO/C(C)=C/C=N\C1=NN1C. The van der Waals surface area contributed by atoms with E-state index in [0.29, 0.717) is 0 Å². The van der Waals surface area contributed by atoms with Crippen LogP contribution in [0.4, 0.5) is 0 Å².